The summed E-state index contributed by atoms with van der Waals surface area (Å²) in [6.07, 6.45) is 16.1. The van der Waals surface area contributed by atoms with Crippen LogP contribution < -0.4 is 9.47 Å². The van der Waals surface area contributed by atoms with Crippen LogP contribution in [-0.2, 0) is 6.42 Å². The summed E-state index contributed by atoms with van der Waals surface area (Å²) in [4.78, 5) is 0. The molecular weight excluding hydrogens is 412 g/mol. The Balaban J connectivity index is 2.62. The van der Waals surface area contributed by atoms with E-state index in [1.54, 1.807) is 6.92 Å². The number of ether oxygens (including phenoxy) is 2. The molecule has 0 amide bonds. The van der Waals surface area contributed by atoms with Crippen molar-refractivity contribution in [3.8, 4) is 23.0 Å². The Morgan fingerprint density at radius 1 is 0.667 bits per heavy atom. The number of allylic oxidation sites excluding steroid dienone is 8. The molecule has 184 valence electrons. The highest BCUT2D eigenvalue weighted by molar-refractivity contribution is 5.66. The van der Waals surface area contributed by atoms with Gasteiger partial charge in [0.2, 0.25) is 11.5 Å². The van der Waals surface area contributed by atoms with Crippen molar-refractivity contribution in [1.82, 2.24) is 0 Å². The van der Waals surface area contributed by atoms with Crippen LogP contribution in [0.15, 0.2) is 46.6 Å². The first-order valence-corrected chi connectivity index (χ1v) is 11.9. The molecule has 0 saturated carbocycles. The molecule has 4 nitrogen and oxygen atoms in total. The zero-order valence-electron chi connectivity index (χ0n) is 22.0. The summed E-state index contributed by atoms with van der Waals surface area (Å²) in [5.41, 5.74) is 6.80. The zero-order chi connectivity index (χ0) is 25.0. The topological polar surface area (TPSA) is 58.9 Å². The molecular formula is C29H44O4. The van der Waals surface area contributed by atoms with Crippen LogP contribution in [0.25, 0.3) is 0 Å². The quantitative estimate of drug-likeness (QED) is 0.232. The molecule has 4 heteroatoms. The highest BCUT2D eigenvalue weighted by Gasteiger charge is 2.22. The Morgan fingerprint density at radius 3 is 1.55 bits per heavy atom. The zero-order valence-corrected chi connectivity index (χ0v) is 22.0. The van der Waals surface area contributed by atoms with Gasteiger partial charge in [-0.2, -0.15) is 0 Å². The van der Waals surface area contributed by atoms with Gasteiger partial charge >= 0.3 is 0 Å². The number of hydrogen-bond donors (Lipinski definition) is 2. The van der Waals surface area contributed by atoms with Gasteiger partial charge in [0.05, 0.1) is 14.2 Å². The molecule has 0 atom stereocenters. The van der Waals surface area contributed by atoms with Crippen molar-refractivity contribution in [3.63, 3.8) is 0 Å². The fourth-order valence-electron chi connectivity index (χ4n) is 3.73. The molecule has 0 saturated heterocycles. The van der Waals surface area contributed by atoms with Crippen LogP contribution in [0.2, 0.25) is 0 Å². The van der Waals surface area contributed by atoms with Crippen molar-refractivity contribution in [1.29, 1.82) is 0 Å². The number of aromatic hydroxyl groups is 2. The molecule has 0 aliphatic heterocycles. The third-order valence-corrected chi connectivity index (χ3v) is 5.95. The molecule has 0 radical (unpaired) electrons. The molecule has 0 spiro atoms. The van der Waals surface area contributed by atoms with Gasteiger partial charge in [0.25, 0.3) is 0 Å². The van der Waals surface area contributed by atoms with Crippen molar-refractivity contribution in [3.05, 3.63) is 57.7 Å². The largest absolute Gasteiger partial charge is 0.504 e. The van der Waals surface area contributed by atoms with Crippen LogP contribution in [0, 0.1) is 6.92 Å². The summed E-state index contributed by atoms with van der Waals surface area (Å²) in [6, 6.07) is 0. The second-order valence-electron chi connectivity index (χ2n) is 9.12. The summed E-state index contributed by atoms with van der Waals surface area (Å²) in [6.45, 7) is 12.6. The second-order valence-corrected chi connectivity index (χ2v) is 9.12. The lowest BCUT2D eigenvalue weighted by Gasteiger charge is -2.17. The van der Waals surface area contributed by atoms with Crippen molar-refractivity contribution in [2.24, 2.45) is 0 Å². The van der Waals surface area contributed by atoms with E-state index in [1.165, 1.54) is 36.5 Å². The summed E-state index contributed by atoms with van der Waals surface area (Å²) in [5.74, 6) is 0.360. The SMILES string of the molecule is COc1c(O)c(C)c(C/C=C(\C)CC/C=C(/C)CC/C=C(/C)CCC=C(C)C)c(O)c1OC. The van der Waals surface area contributed by atoms with Crippen LogP contribution in [0.1, 0.15) is 84.3 Å². The molecule has 1 rings (SSSR count). The van der Waals surface area contributed by atoms with Gasteiger partial charge in [0.1, 0.15) is 0 Å². The van der Waals surface area contributed by atoms with Crippen molar-refractivity contribution in [2.75, 3.05) is 14.2 Å². The molecule has 0 aromatic heterocycles. The molecule has 33 heavy (non-hydrogen) atoms. The van der Waals surface area contributed by atoms with E-state index < -0.39 is 0 Å². The maximum atomic E-state index is 10.6. The van der Waals surface area contributed by atoms with Gasteiger partial charge in [-0.25, -0.2) is 0 Å². The number of methoxy groups -OCH3 is 2. The van der Waals surface area contributed by atoms with Gasteiger partial charge in [0, 0.05) is 11.1 Å². The van der Waals surface area contributed by atoms with Crippen molar-refractivity contribution < 1.29 is 19.7 Å². The first-order chi connectivity index (χ1) is 15.6. The third kappa shape index (κ3) is 9.41. The average molecular weight is 457 g/mol. The number of hydrogen-bond acceptors (Lipinski definition) is 4. The average Bonchev–Trinajstić information content (AvgIpc) is 2.75. The van der Waals surface area contributed by atoms with Crippen LogP contribution >= 0.6 is 0 Å². The Hall–Kier alpha value is -2.62. The molecule has 0 bridgehead atoms. The van der Waals surface area contributed by atoms with E-state index in [9.17, 15) is 10.2 Å². The fourth-order valence-corrected chi connectivity index (χ4v) is 3.73. The Kier molecular flexibility index (Phi) is 12.5. The molecule has 0 unspecified atom stereocenters. The summed E-state index contributed by atoms with van der Waals surface area (Å²) in [7, 11) is 2.90. The first-order valence-electron chi connectivity index (χ1n) is 11.9. The highest BCUT2D eigenvalue weighted by Crippen LogP contribution is 2.48. The van der Waals surface area contributed by atoms with Gasteiger partial charge in [0.15, 0.2) is 11.5 Å². The normalized spacial score (nSPS) is 12.7. The van der Waals surface area contributed by atoms with Crippen LogP contribution in [0.4, 0.5) is 0 Å². The van der Waals surface area contributed by atoms with Gasteiger partial charge in [-0.1, -0.05) is 46.6 Å². The number of phenols is 2. The monoisotopic (exact) mass is 456 g/mol. The van der Waals surface area contributed by atoms with E-state index in [4.69, 9.17) is 9.47 Å². The van der Waals surface area contributed by atoms with Gasteiger partial charge in [-0.3, -0.25) is 0 Å². The van der Waals surface area contributed by atoms with Gasteiger partial charge in [-0.15, -0.1) is 0 Å². The standard InChI is InChI=1S/C29H44O4/c1-20(2)12-9-13-21(3)14-10-15-22(4)16-11-17-23(5)18-19-25-24(6)26(30)28(32-7)29(33-8)27(25)31/h12,14,16,18,30-31H,9-11,13,15,17,19H2,1-8H3/b21-14-,22-16-,23-18+. The molecule has 0 fully saturated rings. The lowest BCUT2D eigenvalue weighted by atomic mass is 9.99. The Labute approximate surface area is 201 Å². The van der Waals surface area contributed by atoms with Gasteiger partial charge in [-0.05, 0) is 86.5 Å². The predicted molar refractivity (Wildman–Crippen MR) is 140 cm³/mol. The van der Waals surface area contributed by atoms with Gasteiger partial charge < -0.3 is 19.7 Å². The van der Waals surface area contributed by atoms with Crippen molar-refractivity contribution >= 4 is 0 Å². The minimum atomic E-state index is 0.00740. The Bertz CT molecular complexity index is 897. The van der Waals surface area contributed by atoms with Crippen molar-refractivity contribution in [2.45, 2.75) is 86.5 Å². The number of benzene rings is 1. The van der Waals surface area contributed by atoms with E-state index in [-0.39, 0.29) is 23.0 Å². The lowest BCUT2D eigenvalue weighted by molar-refractivity contribution is 0.314. The van der Waals surface area contributed by atoms with E-state index in [2.05, 4.69) is 58.9 Å². The van der Waals surface area contributed by atoms with E-state index in [0.29, 0.717) is 17.5 Å². The number of rotatable bonds is 13. The molecule has 2 N–H and O–H groups in total. The summed E-state index contributed by atoms with van der Waals surface area (Å²) < 4.78 is 10.4. The Morgan fingerprint density at radius 2 is 1.09 bits per heavy atom. The molecule has 1 aromatic rings. The fraction of sp³-hybridized carbons (Fsp3) is 0.517. The molecule has 0 aliphatic rings. The lowest BCUT2D eigenvalue weighted by Crippen LogP contribution is -1.98. The maximum Gasteiger partial charge on any atom is 0.207 e. The third-order valence-electron chi connectivity index (χ3n) is 5.95. The predicted octanol–water partition coefficient (Wildman–Crippen LogP) is 8.11. The second kappa shape index (κ2) is 14.5. The first kappa shape index (κ1) is 28.4. The number of phenolic OH excluding ortho intramolecular Hbond substituents is 2. The molecule has 0 aliphatic carbocycles. The minimum absolute atomic E-state index is 0.00740. The van der Waals surface area contributed by atoms with E-state index in [0.717, 1.165) is 38.5 Å². The van der Waals surface area contributed by atoms with Crippen LogP contribution in [0.5, 0.6) is 23.0 Å². The smallest absolute Gasteiger partial charge is 0.207 e. The van der Waals surface area contributed by atoms with Crippen LogP contribution in [0.3, 0.4) is 0 Å². The minimum Gasteiger partial charge on any atom is -0.504 e. The summed E-state index contributed by atoms with van der Waals surface area (Å²) >= 11 is 0. The van der Waals surface area contributed by atoms with Crippen LogP contribution in [-0.4, -0.2) is 24.4 Å². The van der Waals surface area contributed by atoms with E-state index >= 15 is 0 Å². The summed E-state index contributed by atoms with van der Waals surface area (Å²) in [5, 5.41) is 21.0. The van der Waals surface area contributed by atoms with E-state index in [1.807, 2.05) is 0 Å². The molecule has 0 heterocycles. The highest BCUT2D eigenvalue weighted by atomic mass is 16.5. The maximum absolute atomic E-state index is 10.6. The molecule has 1 aromatic carbocycles.